The standard InChI is InChI=1S/C9H11Cl2N/c1-6-7(4-5-12)9(11)3-2-8(6)10/h2-3H,4-5,12H2,1H3. The molecule has 0 radical (unpaired) electrons. The molecular weight excluding hydrogens is 193 g/mol. The van der Waals surface area contributed by atoms with Crippen LogP contribution in [0.1, 0.15) is 11.1 Å². The minimum atomic E-state index is 0.598. The van der Waals surface area contributed by atoms with E-state index >= 15 is 0 Å². The number of benzene rings is 1. The minimum Gasteiger partial charge on any atom is -0.330 e. The molecule has 3 heteroatoms. The van der Waals surface area contributed by atoms with Crippen molar-refractivity contribution < 1.29 is 0 Å². The van der Waals surface area contributed by atoms with Gasteiger partial charge in [-0.25, -0.2) is 0 Å². The monoisotopic (exact) mass is 203 g/mol. The molecule has 0 saturated carbocycles. The Balaban J connectivity index is 3.14. The van der Waals surface area contributed by atoms with Crippen LogP contribution in [0.5, 0.6) is 0 Å². The van der Waals surface area contributed by atoms with Crippen molar-refractivity contribution in [2.75, 3.05) is 6.54 Å². The summed E-state index contributed by atoms with van der Waals surface area (Å²) in [5.41, 5.74) is 7.55. The molecule has 0 unspecified atom stereocenters. The topological polar surface area (TPSA) is 26.0 Å². The highest BCUT2D eigenvalue weighted by atomic mass is 35.5. The van der Waals surface area contributed by atoms with Gasteiger partial charge in [-0.3, -0.25) is 0 Å². The van der Waals surface area contributed by atoms with Gasteiger partial charge in [0, 0.05) is 10.0 Å². The van der Waals surface area contributed by atoms with Crippen LogP contribution in [0.4, 0.5) is 0 Å². The lowest BCUT2D eigenvalue weighted by Gasteiger charge is -2.07. The van der Waals surface area contributed by atoms with Crippen molar-refractivity contribution in [2.24, 2.45) is 5.73 Å². The van der Waals surface area contributed by atoms with Crippen LogP contribution >= 0.6 is 23.2 Å². The SMILES string of the molecule is Cc1c(Cl)ccc(Cl)c1CCN. The van der Waals surface area contributed by atoms with Crippen molar-refractivity contribution in [3.63, 3.8) is 0 Å². The molecule has 0 heterocycles. The highest BCUT2D eigenvalue weighted by Gasteiger charge is 2.05. The van der Waals surface area contributed by atoms with Gasteiger partial charge in [0.1, 0.15) is 0 Å². The number of rotatable bonds is 2. The van der Waals surface area contributed by atoms with Gasteiger partial charge in [-0.2, -0.15) is 0 Å². The lowest BCUT2D eigenvalue weighted by atomic mass is 10.1. The van der Waals surface area contributed by atoms with Gasteiger partial charge in [-0.15, -0.1) is 0 Å². The summed E-state index contributed by atoms with van der Waals surface area (Å²) in [6.45, 7) is 2.56. The maximum atomic E-state index is 5.97. The molecule has 1 aromatic carbocycles. The lowest BCUT2D eigenvalue weighted by Crippen LogP contribution is -2.04. The van der Waals surface area contributed by atoms with Crippen molar-refractivity contribution in [1.82, 2.24) is 0 Å². The number of hydrogen-bond donors (Lipinski definition) is 1. The molecule has 2 N–H and O–H groups in total. The van der Waals surface area contributed by atoms with E-state index in [1.165, 1.54) is 0 Å². The van der Waals surface area contributed by atoms with Crippen molar-refractivity contribution >= 4 is 23.2 Å². The highest BCUT2D eigenvalue weighted by molar-refractivity contribution is 6.34. The van der Waals surface area contributed by atoms with Gasteiger partial charge in [0.2, 0.25) is 0 Å². The third-order valence-corrected chi connectivity index (χ3v) is 2.63. The van der Waals surface area contributed by atoms with E-state index in [4.69, 9.17) is 28.9 Å². The predicted molar refractivity (Wildman–Crippen MR) is 54.0 cm³/mol. The molecule has 66 valence electrons. The summed E-state index contributed by atoms with van der Waals surface area (Å²) in [6, 6.07) is 3.61. The van der Waals surface area contributed by atoms with Crippen LogP contribution in [0.15, 0.2) is 12.1 Å². The van der Waals surface area contributed by atoms with Crippen LogP contribution in [0.25, 0.3) is 0 Å². The highest BCUT2D eigenvalue weighted by Crippen LogP contribution is 2.26. The molecule has 1 nitrogen and oxygen atoms in total. The fourth-order valence-electron chi connectivity index (χ4n) is 1.15. The molecule has 0 aliphatic heterocycles. The number of hydrogen-bond acceptors (Lipinski definition) is 1. The Morgan fingerprint density at radius 3 is 2.42 bits per heavy atom. The van der Waals surface area contributed by atoms with Crippen molar-refractivity contribution in [2.45, 2.75) is 13.3 Å². The Morgan fingerprint density at radius 2 is 1.83 bits per heavy atom. The maximum Gasteiger partial charge on any atom is 0.0442 e. The molecule has 12 heavy (non-hydrogen) atoms. The van der Waals surface area contributed by atoms with Crippen molar-refractivity contribution in [3.8, 4) is 0 Å². The van der Waals surface area contributed by atoms with Crippen molar-refractivity contribution in [3.05, 3.63) is 33.3 Å². The first kappa shape index (κ1) is 9.85. The summed E-state index contributed by atoms with van der Waals surface area (Å²) >= 11 is 11.9. The van der Waals surface area contributed by atoms with Gasteiger partial charge in [-0.1, -0.05) is 23.2 Å². The normalized spacial score (nSPS) is 10.3. The van der Waals surface area contributed by atoms with E-state index in [1.807, 2.05) is 13.0 Å². The maximum absolute atomic E-state index is 5.97. The zero-order valence-electron chi connectivity index (χ0n) is 6.90. The van der Waals surface area contributed by atoms with Gasteiger partial charge >= 0.3 is 0 Å². The van der Waals surface area contributed by atoms with Crippen LogP contribution < -0.4 is 5.73 Å². The molecule has 1 rings (SSSR count). The Bertz CT molecular complexity index is 284. The molecule has 0 spiro atoms. The van der Waals surface area contributed by atoms with Crippen molar-refractivity contribution in [1.29, 1.82) is 0 Å². The minimum absolute atomic E-state index is 0.598. The van der Waals surface area contributed by atoms with Gasteiger partial charge in [0.15, 0.2) is 0 Å². The van der Waals surface area contributed by atoms with Gasteiger partial charge in [0.05, 0.1) is 0 Å². The van der Waals surface area contributed by atoms with E-state index in [1.54, 1.807) is 6.07 Å². The zero-order chi connectivity index (χ0) is 9.14. The molecule has 0 atom stereocenters. The molecule has 0 saturated heterocycles. The van der Waals surface area contributed by atoms with Gasteiger partial charge < -0.3 is 5.73 Å². The van der Waals surface area contributed by atoms with E-state index in [0.29, 0.717) is 6.54 Å². The fourth-order valence-corrected chi connectivity index (χ4v) is 1.62. The average molecular weight is 204 g/mol. The summed E-state index contributed by atoms with van der Waals surface area (Å²) in [5.74, 6) is 0. The summed E-state index contributed by atoms with van der Waals surface area (Å²) in [5, 5.41) is 1.50. The number of halogens is 2. The zero-order valence-corrected chi connectivity index (χ0v) is 8.41. The second-order valence-electron chi connectivity index (χ2n) is 2.67. The average Bonchev–Trinajstić information content (AvgIpc) is 2.06. The molecule has 0 aliphatic rings. The Morgan fingerprint density at radius 1 is 1.25 bits per heavy atom. The molecule has 0 aliphatic carbocycles. The molecule has 0 fully saturated rings. The van der Waals surface area contributed by atoms with E-state index in [0.717, 1.165) is 27.6 Å². The Kier molecular flexibility index (Phi) is 3.39. The van der Waals surface area contributed by atoms with Crippen LogP contribution in [0, 0.1) is 6.92 Å². The molecular formula is C9H11Cl2N. The largest absolute Gasteiger partial charge is 0.330 e. The summed E-state index contributed by atoms with van der Waals surface area (Å²) in [6.07, 6.45) is 0.783. The molecule has 1 aromatic rings. The molecule has 0 aromatic heterocycles. The third kappa shape index (κ3) is 1.92. The van der Waals surface area contributed by atoms with Gasteiger partial charge in [0.25, 0.3) is 0 Å². The second-order valence-corrected chi connectivity index (χ2v) is 3.49. The van der Waals surface area contributed by atoms with E-state index < -0.39 is 0 Å². The Hall–Kier alpha value is -0.240. The summed E-state index contributed by atoms with van der Waals surface area (Å²) in [7, 11) is 0. The predicted octanol–water partition coefficient (Wildman–Crippen LogP) is 2.80. The van der Waals surface area contributed by atoms with E-state index in [9.17, 15) is 0 Å². The van der Waals surface area contributed by atoms with Crippen LogP contribution in [-0.4, -0.2) is 6.54 Å². The van der Waals surface area contributed by atoms with E-state index in [2.05, 4.69) is 0 Å². The van der Waals surface area contributed by atoms with E-state index in [-0.39, 0.29) is 0 Å². The lowest BCUT2D eigenvalue weighted by molar-refractivity contribution is 0.958. The Labute approximate surface area is 82.5 Å². The summed E-state index contributed by atoms with van der Waals surface area (Å²) < 4.78 is 0. The van der Waals surface area contributed by atoms with Crippen LogP contribution in [0.3, 0.4) is 0 Å². The van der Waals surface area contributed by atoms with Crippen LogP contribution in [-0.2, 0) is 6.42 Å². The molecule has 0 bridgehead atoms. The molecule has 0 amide bonds. The number of nitrogens with two attached hydrogens (primary N) is 1. The smallest absolute Gasteiger partial charge is 0.0442 e. The van der Waals surface area contributed by atoms with Crippen LogP contribution in [0.2, 0.25) is 10.0 Å². The second kappa shape index (κ2) is 4.13. The van der Waals surface area contributed by atoms with Gasteiger partial charge in [-0.05, 0) is 43.1 Å². The first-order chi connectivity index (χ1) is 5.66. The summed E-state index contributed by atoms with van der Waals surface area (Å²) in [4.78, 5) is 0. The quantitative estimate of drug-likeness (QED) is 0.787. The first-order valence-electron chi connectivity index (χ1n) is 3.80. The third-order valence-electron chi connectivity index (χ3n) is 1.87. The fraction of sp³-hybridized carbons (Fsp3) is 0.333. The first-order valence-corrected chi connectivity index (χ1v) is 4.56.